The second kappa shape index (κ2) is 5.91. The first kappa shape index (κ1) is 17.0. The van der Waals surface area contributed by atoms with Crippen LogP contribution in [0.1, 0.15) is 18.1 Å². The monoisotopic (exact) mass is 396 g/mol. The lowest BCUT2D eigenvalue weighted by atomic mass is 9.92. The van der Waals surface area contributed by atoms with Gasteiger partial charge in [0.15, 0.2) is 11.7 Å². The Morgan fingerprint density at radius 3 is 2.67 bits per heavy atom. The van der Waals surface area contributed by atoms with E-state index < -0.39 is 12.3 Å². The highest BCUT2D eigenvalue weighted by atomic mass is 32.1. The molecule has 6 rings (SSSR count). The number of piperazine rings is 1. The standard InChI is InChI=1S/C17H15F3N4O2S/c18-17(19,20)14(25)8-3-11(15-21-1-2-27-15)13-12(4-8)23-16(26-13)24-6-9-5-10(7-24)22-9/h1-4,9-10,14,22,25H,5-7H2. The quantitative estimate of drug-likeness (QED) is 0.709. The second-order valence-corrected chi connectivity index (χ2v) is 7.79. The van der Waals surface area contributed by atoms with Crippen molar-refractivity contribution < 1.29 is 22.7 Å². The van der Waals surface area contributed by atoms with Crippen LogP contribution in [0, 0.1) is 0 Å². The van der Waals surface area contributed by atoms with Crippen LogP contribution in [0.5, 0.6) is 0 Å². The first-order valence-corrected chi connectivity index (χ1v) is 9.36. The number of oxazole rings is 1. The van der Waals surface area contributed by atoms with Gasteiger partial charge in [0.05, 0.1) is 5.56 Å². The average Bonchev–Trinajstić information content (AvgIpc) is 3.28. The molecule has 5 heterocycles. The van der Waals surface area contributed by atoms with Gasteiger partial charge in [0.2, 0.25) is 0 Å². The van der Waals surface area contributed by atoms with Crippen LogP contribution in [-0.2, 0) is 0 Å². The minimum Gasteiger partial charge on any atom is -0.423 e. The Morgan fingerprint density at radius 2 is 2.04 bits per heavy atom. The summed E-state index contributed by atoms with van der Waals surface area (Å²) >= 11 is 1.29. The van der Waals surface area contributed by atoms with Crippen LogP contribution in [0.4, 0.5) is 19.2 Å². The molecule has 0 radical (unpaired) electrons. The van der Waals surface area contributed by atoms with Gasteiger partial charge in [0.25, 0.3) is 6.01 Å². The van der Waals surface area contributed by atoms with Crippen molar-refractivity contribution in [1.29, 1.82) is 0 Å². The maximum absolute atomic E-state index is 13.0. The number of halogens is 3. The molecule has 0 saturated carbocycles. The number of hydrogen-bond donors (Lipinski definition) is 2. The van der Waals surface area contributed by atoms with Gasteiger partial charge >= 0.3 is 6.18 Å². The molecule has 3 aliphatic heterocycles. The van der Waals surface area contributed by atoms with Gasteiger partial charge in [-0.3, -0.25) is 0 Å². The maximum Gasteiger partial charge on any atom is 0.418 e. The summed E-state index contributed by atoms with van der Waals surface area (Å²) in [6, 6.07) is 3.68. The number of piperidine rings is 1. The summed E-state index contributed by atoms with van der Waals surface area (Å²) in [5.74, 6) is 0. The van der Waals surface area contributed by atoms with Gasteiger partial charge in [-0.1, -0.05) is 0 Å². The lowest BCUT2D eigenvalue weighted by Gasteiger charge is -2.47. The number of anilines is 1. The predicted molar refractivity (Wildman–Crippen MR) is 93.7 cm³/mol. The highest BCUT2D eigenvalue weighted by Gasteiger charge is 2.41. The summed E-state index contributed by atoms with van der Waals surface area (Å²) < 4.78 is 45.0. The molecule has 142 valence electrons. The largest absolute Gasteiger partial charge is 0.423 e. The fourth-order valence-electron chi connectivity index (χ4n) is 3.71. The van der Waals surface area contributed by atoms with Gasteiger partial charge in [0, 0.05) is 36.8 Å². The SMILES string of the molecule is OC(c1cc(-c2nccs2)c2oc(N3CC4CC(C3)N4)nc2c1)C(F)(F)F. The van der Waals surface area contributed by atoms with Gasteiger partial charge in [-0.15, -0.1) is 11.3 Å². The van der Waals surface area contributed by atoms with Crippen LogP contribution in [0.25, 0.3) is 21.7 Å². The number of thiazole rings is 1. The van der Waals surface area contributed by atoms with Crippen LogP contribution in [0.15, 0.2) is 28.1 Å². The molecule has 3 atom stereocenters. The van der Waals surface area contributed by atoms with Crippen molar-refractivity contribution in [2.45, 2.75) is 30.8 Å². The summed E-state index contributed by atoms with van der Waals surface area (Å²) in [6.45, 7) is 1.49. The molecule has 3 unspecified atom stereocenters. The number of fused-ring (bicyclic) bond motifs is 3. The molecule has 3 aliphatic rings. The van der Waals surface area contributed by atoms with E-state index in [1.54, 1.807) is 11.6 Å². The number of hydrogen-bond acceptors (Lipinski definition) is 7. The van der Waals surface area contributed by atoms with Crippen molar-refractivity contribution in [1.82, 2.24) is 15.3 Å². The number of rotatable bonds is 3. The predicted octanol–water partition coefficient (Wildman–Crippen LogP) is 3.10. The Bertz CT molecular complexity index is 972. The summed E-state index contributed by atoms with van der Waals surface area (Å²) in [7, 11) is 0. The second-order valence-electron chi connectivity index (χ2n) is 6.90. The third kappa shape index (κ3) is 2.88. The minimum atomic E-state index is -4.76. The highest BCUT2D eigenvalue weighted by molar-refractivity contribution is 7.13. The summed E-state index contributed by atoms with van der Waals surface area (Å²) in [6.07, 6.45) is -4.67. The minimum absolute atomic E-state index is 0.275. The van der Waals surface area contributed by atoms with Crippen molar-refractivity contribution in [3.63, 3.8) is 0 Å². The zero-order valence-electron chi connectivity index (χ0n) is 13.9. The van der Waals surface area contributed by atoms with Crippen LogP contribution in [0.2, 0.25) is 0 Å². The van der Waals surface area contributed by atoms with Crippen molar-refractivity contribution in [3.05, 3.63) is 29.3 Å². The molecule has 10 heteroatoms. The van der Waals surface area contributed by atoms with Crippen molar-refractivity contribution in [2.75, 3.05) is 18.0 Å². The Labute approximate surface area is 155 Å². The van der Waals surface area contributed by atoms with E-state index in [1.807, 2.05) is 4.90 Å². The normalized spacial score (nSPS) is 23.5. The zero-order chi connectivity index (χ0) is 18.8. The maximum atomic E-state index is 13.0. The molecule has 3 aromatic rings. The van der Waals surface area contributed by atoms with Crippen molar-refractivity contribution >= 4 is 28.5 Å². The topological polar surface area (TPSA) is 74.4 Å². The van der Waals surface area contributed by atoms with Gasteiger partial charge in [-0.05, 0) is 24.1 Å². The molecule has 27 heavy (non-hydrogen) atoms. The Hall–Kier alpha value is -2.17. The van der Waals surface area contributed by atoms with Gasteiger partial charge in [-0.25, -0.2) is 4.98 Å². The molecule has 2 aromatic heterocycles. The van der Waals surface area contributed by atoms with E-state index in [0.717, 1.165) is 19.5 Å². The van der Waals surface area contributed by atoms with Gasteiger partial charge in [-0.2, -0.15) is 18.2 Å². The van der Waals surface area contributed by atoms with Gasteiger partial charge in [0.1, 0.15) is 10.5 Å². The van der Waals surface area contributed by atoms with E-state index in [4.69, 9.17) is 4.42 Å². The zero-order valence-corrected chi connectivity index (χ0v) is 14.7. The molecular formula is C17H15F3N4O2S. The molecule has 0 amide bonds. The summed E-state index contributed by atoms with van der Waals surface area (Å²) in [5, 5.41) is 15.4. The van der Waals surface area contributed by atoms with Crippen LogP contribution < -0.4 is 10.2 Å². The van der Waals surface area contributed by atoms with Crippen LogP contribution >= 0.6 is 11.3 Å². The fourth-order valence-corrected chi connectivity index (χ4v) is 4.36. The fraction of sp³-hybridized carbons (Fsp3) is 0.412. The smallest absolute Gasteiger partial charge is 0.418 e. The van der Waals surface area contributed by atoms with Crippen molar-refractivity contribution in [3.8, 4) is 10.6 Å². The van der Waals surface area contributed by atoms with E-state index in [2.05, 4.69) is 15.3 Å². The summed E-state index contributed by atoms with van der Waals surface area (Å²) in [5.41, 5.74) is 0.788. The number of aliphatic hydroxyl groups is 1. The number of aromatic nitrogens is 2. The first-order chi connectivity index (χ1) is 12.9. The van der Waals surface area contributed by atoms with Crippen molar-refractivity contribution in [2.24, 2.45) is 0 Å². The Balaban J connectivity index is 1.62. The molecule has 0 aliphatic carbocycles. The van der Waals surface area contributed by atoms with E-state index in [0.29, 0.717) is 34.3 Å². The van der Waals surface area contributed by atoms with Crippen LogP contribution in [-0.4, -0.2) is 46.4 Å². The van der Waals surface area contributed by atoms with E-state index in [9.17, 15) is 18.3 Å². The Kier molecular flexibility index (Phi) is 3.72. The van der Waals surface area contributed by atoms with E-state index in [1.165, 1.54) is 23.5 Å². The Morgan fingerprint density at radius 1 is 1.30 bits per heavy atom. The lowest BCUT2D eigenvalue weighted by molar-refractivity contribution is -0.206. The number of nitrogens with zero attached hydrogens (tertiary/aromatic N) is 3. The molecular weight excluding hydrogens is 381 g/mol. The van der Waals surface area contributed by atoms with Gasteiger partial charge < -0.3 is 19.7 Å². The number of aliphatic hydroxyl groups excluding tert-OH is 1. The molecule has 2 bridgehead atoms. The molecule has 1 aromatic carbocycles. The number of benzene rings is 1. The highest BCUT2D eigenvalue weighted by Crippen LogP contribution is 2.40. The number of alkyl halides is 3. The third-order valence-corrected chi connectivity index (χ3v) is 5.79. The average molecular weight is 396 g/mol. The third-order valence-electron chi connectivity index (χ3n) is 4.98. The molecule has 0 spiro atoms. The number of nitrogens with one attached hydrogen (secondary N) is 1. The first-order valence-electron chi connectivity index (χ1n) is 8.48. The lowest BCUT2D eigenvalue weighted by Crippen LogP contribution is -2.67. The molecule has 3 saturated heterocycles. The summed E-state index contributed by atoms with van der Waals surface area (Å²) in [4.78, 5) is 10.6. The van der Waals surface area contributed by atoms with E-state index >= 15 is 0 Å². The molecule has 6 nitrogen and oxygen atoms in total. The van der Waals surface area contributed by atoms with Crippen LogP contribution in [0.3, 0.4) is 0 Å². The molecule has 2 N–H and O–H groups in total. The molecule has 3 fully saturated rings. The van der Waals surface area contributed by atoms with E-state index in [-0.39, 0.29) is 11.1 Å².